The predicted molar refractivity (Wildman–Crippen MR) is 76.7 cm³/mol. The second kappa shape index (κ2) is 6.57. The second-order valence-electron chi connectivity index (χ2n) is 5.22. The number of carboxylic acids is 1. The summed E-state index contributed by atoms with van der Waals surface area (Å²) in [5.41, 5.74) is 2.49. The van der Waals surface area contributed by atoms with Gasteiger partial charge in [-0.1, -0.05) is 17.7 Å². The van der Waals surface area contributed by atoms with Crippen molar-refractivity contribution in [2.45, 2.75) is 32.2 Å². The lowest BCUT2D eigenvalue weighted by molar-refractivity contribution is -0.137. The molecule has 1 heterocycles. The minimum absolute atomic E-state index is 0.236. The number of nitrogens with zero attached hydrogens (tertiary/aromatic N) is 1. The van der Waals surface area contributed by atoms with Crippen molar-refractivity contribution in [2.75, 3.05) is 24.5 Å². The van der Waals surface area contributed by atoms with Crippen LogP contribution in [-0.2, 0) is 4.79 Å². The number of hydrogen-bond acceptors (Lipinski definition) is 3. The minimum Gasteiger partial charge on any atom is -0.481 e. The molecule has 1 fully saturated rings. The maximum Gasteiger partial charge on any atom is 0.303 e. The van der Waals surface area contributed by atoms with Crippen LogP contribution in [0.1, 0.15) is 24.8 Å². The fourth-order valence-corrected chi connectivity index (χ4v) is 2.48. The van der Waals surface area contributed by atoms with Gasteiger partial charge in [-0.15, -0.1) is 0 Å². The topological polar surface area (TPSA) is 52.6 Å². The van der Waals surface area contributed by atoms with Gasteiger partial charge in [-0.05, 0) is 38.4 Å². The van der Waals surface area contributed by atoms with E-state index in [-0.39, 0.29) is 12.5 Å². The van der Waals surface area contributed by atoms with Crippen LogP contribution in [0.25, 0.3) is 0 Å². The van der Waals surface area contributed by atoms with Crippen LogP contribution >= 0.6 is 0 Å². The molecule has 1 unspecified atom stereocenters. The van der Waals surface area contributed by atoms with Gasteiger partial charge in [-0.25, -0.2) is 0 Å². The summed E-state index contributed by atoms with van der Waals surface area (Å²) in [6.45, 7) is 4.96. The lowest BCUT2D eigenvalue weighted by Gasteiger charge is -2.26. The molecule has 1 saturated heterocycles. The van der Waals surface area contributed by atoms with E-state index in [0.717, 1.165) is 26.1 Å². The maximum atomic E-state index is 10.7. The van der Waals surface area contributed by atoms with Gasteiger partial charge in [0.1, 0.15) is 0 Å². The van der Waals surface area contributed by atoms with Crippen molar-refractivity contribution < 1.29 is 9.90 Å². The Kier molecular flexibility index (Phi) is 4.80. The zero-order valence-corrected chi connectivity index (χ0v) is 11.4. The molecule has 0 aromatic heterocycles. The molecule has 1 aromatic carbocycles. The monoisotopic (exact) mass is 262 g/mol. The number of anilines is 1. The quantitative estimate of drug-likeness (QED) is 0.871. The molecule has 1 aromatic rings. The fourth-order valence-electron chi connectivity index (χ4n) is 2.48. The van der Waals surface area contributed by atoms with Crippen LogP contribution < -0.4 is 10.2 Å². The van der Waals surface area contributed by atoms with E-state index < -0.39 is 5.97 Å². The first-order valence-electron chi connectivity index (χ1n) is 6.92. The van der Waals surface area contributed by atoms with Crippen LogP contribution in [0, 0.1) is 6.92 Å². The molecule has 4 heteroatoms. The molecule has 104 valence electrons. The largest absolute Gasteiger partial charge is 0.481 e. The van der Waals surface area contributed by atoms with E-state index in [1.807, 2.05) is 0 Å². The summed E-state index contributed by atoms with van der Waals surface area (Å²) >= 11 is 0. The highest BCUT2D eigenvalue weighted by molar-refractivity contribution is 5.66. The molecular weight excluding hydrogens is 240 g/mol. The zero-order valence-electron chi connectivity index (χ0n) is 11.4. The van der Waals surface area contributed by atoms with Gasteiger partial charge in [0, 0.05) is 31.2 Å². The van der Waals surface area contributed by atoms with Gasteiger partial charge < -0.3 is 15.3 Å². The number of carbonyl (C=O) groups is 1. The highest BCUT2D eigenvalue weighted by atomic mass is 16.4. The lowest BCUT2D eigenvalue weighted by atomic mass is 10.1. The third kappa shape index (κ3) is 4.24. The van der Waals surface area contributed by atoms with Gasteiger partial charge >= 0.3 is 5.97 Å². The summed E-state index contributed by atoms with van der Waals surface area (Å²) in [4.78, 5) is 13.0. The third-order valence-corrected chi connectivity index (χ3v) is 3.58. The van der Waals surface area contributed by atoms with Crippen molar-refractivity contribution >= 4 is 11.7 Å². The Hall–Kier alpha value is -1.55. The van der Waals surface area contributed by atoms with E-state index in [4.69, 9.17) is 5.11 Å². The van der Waals surface area contributed by atoms with Crippen LogP contribution in [0.4, 0.5) is 5.69 Å². The molecule has 0 bridgehead atoms. The van der Waals surface area contributed by atoms with Crippen molar-refractivity contribution in [2.24, 2.45) is 0 Å². The minimum atomic E-state index is -0.715. The number of aliphatic carboxylic acids is 1. The second-order valence-corrected chi connectivity index (χ2v) is 5.22. The van der Waals surface area contributed by atoms with Crippen molar-refractivity contribution in [1.29, 1.82) is 0 Å². The van der Waals surface area contributed by atoms with Crippen LogP contribution in [0.2, 0.25) is 0 Å². The van der Waals surface area contributed by atoms with Crippen LogP contribution in [0.5, 0.6) is 0 Å². The van der Waals surface area contributed by atoms with Crippen LogP contribution in [0.15, 0.2) is 24.3 Å². The standard InChI is InChI=1S/C15H22N2O2/c1-12-3-6-14(7-4-12)17-10-2-9-16-13(11-17)5-8-15(18)19/h3-4,6-7,13,16H,2,5,8-11H2,1H3,(H,18,19). The summed E-state index contributed by atoms with van der Waals surface area (Å²) in [5, 5.41) is 12.2. The maximum absolute atomic E-state index is 10.7. The molecule has 1 aliphatic heterocycles. The Morgan fingerprint density at radius 2 is 2.16 bits per heavy atom. The Morgan fingerprint density at radius 1 is 1.42 bits per heavy atom. The van der Waals surface area contributed by atoms with E-state index >= 15 is 0 Å². The Morgan fingerprint density at radius 3 is 2.84 bits per heavy atom. The SMILES string of the molecule is Cc1ccc(N2CCCNC(CCC(=O)O)C2)cc1. The van der Waals surface area contributed by atoms with Gasteiger partial charge in [0.05, 0.1) is 0 Å². The summed E-state index contributed by atoms with van der Waals surface area (Å²) < 4.78 is 0. The lowest BCUT2D eigenvalue weighted by Crippen LogP contribution is -2.38. The van der Waals surface area contributed by atoms with Gasteiger partial charge in [0.25, 0.3) is 0 Å². The number of aryl methyl sites for hydroxylation is 1. The van der Waals surface area contributed by atoms with Gasteiger partial charge in [-0.2, -0.15) is 0 Å². The molecule has 2 N–H and O–H groups in total. The van der Waals surface area contributed by atoms with Crippen molar-refractivity contribution in [3.63, 3.8) is 0 Å². The van der Waals surface area contributed by atoms with Crippen LogP contribution in [0.3, 0.4) is 0 Å². The van der Waals surface area contributed by atoms with E-state index in [1.165, 1.54) is 11.3 Å². The molecule has 19 heavy (non-hydrogen) atoms. The van der Waals surface area contributed by atoms with E-state index in [2.05, 4.69) is 41.4 Å². The highest BCUT2D eigenvalue weighted by Gasteiger charge is 2.18. The van der Waals surface area contributed by atoms with Gasteiger partial charge in [-0.3, -0.25) is 4.79 Å². The third-order valence-electron chi connectivity index (χ3n) is 3.58. The smallest absolute Gasteiger partial charge is 0.303 e. The zero-order chi connectivity index (χ0) is 13.7. The number of nitrogens with one attached hydrogen (secondary N) is 1. The molecule has 0 saturated carbocycles. The Bertz CT molecular complexity index is 417. The molecule has 4 nitrogen and oxygen atoms in total. The molecule has 0 radical (unpaired) electrons. The first-order chi connectivity index (χ1) is 9.15. The Balaban J connectivity index is 1.99. The number of hydrogen-bond donors (Lipinski definition) is 2. The van der Waals surface area contributed by atoms with E-state index in [0.29, 0.717) is 6.42 Å². The molecule has 1 atom stereocenters. The van der Waals surface area contributed by atoms with Crippen molar-refractivity contribution in [3.05, 3.63) is 29.8 Å². The van der Waals surface area contributed by atoms with Crippen molar-refractivity contribution in [3.8, 4) is 0 Å². The molecule has 0 amide bonds. The molecule has 0 spiro atoms. The normalized spacial score (nSPS) is 20.1. The summed E-state index contributed by atoms with van der Waals surface area (Å²) in [6, 6.07) is 8.81. The van der Waals surface area contributed by atoms with Crippen molar-refractivity contribution in [1.82, 2.24) is 5.32 Å². The molecule has 2 rings (SSSR count). The first kappa shape index (κ1) is 13.9. The number of rotatable bonds is 4. The molecular formula is C15H22N2O2. The average Bonchev–Trinajstić information content (AvgIpc) is 2.63. The molecule has 1 aliphatic rings. The number of benzene rings is 1. The predicted octanol–water partition coefficient (Wildman–Crippen LogP) is 2.03. The first-order valence-corrected chi connectivity index (χ1v) is 6.92. The van der Waals surface area contributed by atoms with E-state index in [9.17, 15) is 4.79 Å². The van der Waals surface area contributed by atoms with Crippen LogP contribution in [-0.4, -0.2) is 36.8 Å². The van der Waals surface area contributed by atoms with Gasteiger partial charge in [0.2, 0.25) is 0 Å². The van der Waals surface area contributed by atoms with Gasteiger partial charge in [0.15, 0.2) is 0 Å². The Labute approximate surface area is 114 Å². The molecule has 0 aliphatic carbocycles. The van der Waals surface area contributed by atoms with E-state index in [1.54, 1.807) is 0 Å². The highest BCUT2D eigenvalue weighted by Crippen LogP contribution is 2.18. The summed E-state index contributed by atoms with van der Waals surface area (Å²) in [6.07, 6.45) is 2.02. The summed E-state index contributed by atoms with van der Waals surface area (Å²) in [7, 11) is 0. The summed E-state index contributed by atoms with van der Waals surface area (Å²) in [5.74, 6) is -0.715. The number of carboxylic acid groups (broad SMARTS) is 1. The average molecular weight is 262 g/mol. The fraction of sp³-hybridized carbons (Fsp3) is 0.533.